The van der Waals surface area contributed by atoms with Crippen LogP contribution in [0.1, 0.15) is 19.3 Å². The molecule has 0 spiro atoms. The molecule has 2 aliphatic rings. The summed E-state index contributed by atoms with van der Waals surface area (Å²) in [5, 5.41) is 2.82. The summed E-state index contributed by atoms with van der Waals surface area (Å²) < 4.78 is 59.4. The van der Waals surface area contributed by atoms with Crippen LogP contribution >= 0.6 is 0 Å². The standard InChI is InChI=1S/C19H27N3O6S2/c1-2-19(23)20-16-4-3-10-21(11-9-16)29(24,25)17-5-7-18(8-6-17)30(26,27)22-12-14-28-15-13-22/h2,5-8,16H,1,3-4,9-15H2,(H,20,23). The SMILES string of the molecule is C=CC(=O)NC1CCCN(S(=O)(=O)c2ccc(S(=O)(=O)N3CCOCC3)cc2)CC1. The smallest absolute Gasteiger partial charge is 0.243 e. The van der Waals surface area contributed by atoms with E-state index in [4.69, 9.17) is 4.74 Å². The molecular formula is C19H27N3O6S2. The zero-order chi connectivity index (χ0) is 21.8. The van der Waals surface area contributed by atoms with Gasteiger partial charge in [0.2, 0.25) is 26.0 Å². The largest absolute Gasteiger partial charge is 0.379 e. The van der Waals surface area contributed by atoms with E-state index in [1.54, 1.807) is 0 Å². The van der Waals surface area contributed by atoms with Crippen molar-refractivity contribution < 1.29 is 26.4 Å². The molecule has 0 radical (unpaired) electrons. The Labute approximate surface area is 177 Å². The number of amides is 1. The Hall–Kier alpha value is -1.79. The normalized spacial score (nSPS) is 22.2. The van der Waals surface area contributed by atoms with Crippen molar-refractivity contribution in [2.45, 2.75) is 35.1 Å². The van der Waals surface area contributed by atoms with Crippen LogP contribution in [0.15, 0.2) is 46.7 Å². The summed E-state index contributed by atoms with van der Waals surface area (Å²) in [6.45, 7) is 5.29. The van der Waals surface area contributed by atoms with E-state index in [0.29, 0.717) is 39.0 Å². The van der Waals surface area contributed by atoms with Crippen molar-refractivity contribution >= 4 is 26.0 Å². The first-order valence-electron chi connectivity index (χ1n) is 9.86. The van der Waals surface area contributed by atoms with Gasteiger partial charge in [0.05, 0.1) is 23.0 Å². The molecule has 1 aromatic carbocycles. The van der Waals surface area contributed by atoms with Crippen molar-refractivity contribution in [3.63, 3.8) is 0 Å². The minimum atomic E-state index is -3.76. The van der Waals surface area contributed by atoms with E-state index in [1.807, 2.05) is 0 Å². The Kier molecular flexibility index (Phi) is 7.30. The number of rotatable bonds is 6. The third kappa shape index (κ3) is 5.09. The average Bonchev–Trinajstić information content (AvgIpc) is 3.00. The lowest BCUT2D eigenvalue weighted by Gasteiger charge is -2.26. The monoisotopic (exact) mass is 457 g/mol. The summed E-state index contributed by atoms with van der Waals surface area (Å²) in [5.41, 5.74) is 0. The Morgan fingerprint density at radius 1 is 0.933 bits per heavy atom. The van der Waals surface area contributed by atoms with Crippen molar-refractivity contribution in [1.29, 1.82) is 0 Å². The van der Waals surface area contributed by atoms with Gasteiger partial charge in [-0.15, -0.1) is 0 Å². The average molecular weight is 458 g/mol. The maximum Gasteiger partial charge on any atom is 0.243 e. The van der Waals surface area contributed by atoms with Gasteiger partial charge >= 0.3 is 0 Å². The predicted molar refractivity (Wildman–Crippen MR) is 111 cm³/mol. The van der Waals surface area contributed by atoms with Gasteiger partial charge in [0.15, 0.2) is 0 Å². The van der Waals surface area contributed by atoms with Crippen molar-refractivity contribution in [2.75, 3.05) is 39.4 Å². The summed E-state index contributed by atoms with van der Waals surface area (Å²) in [6, 6.07) is 5.25. The summed E-state index contributed by atoms with van der Waals surface area (Å²) in [4.78, 5) is 11.6. The highest BCUT2D eigenvalue weighted by molar-refractivity contribution is 7.89. The molecule has 0 saturated carbocycles. The molecule has 1 atom stereocenters. The van der Waals surface area contributed by atoms with Gasteiger partial charge in [0.1, 0.15) is 0 Å². The van der Waals surface area contributed by atoms with E-state index in [9.17, 15) is 21.6 Å². The number of morpholine rings is 1. The summed E-state index contributed by atoms with van der Waals surface area (Å²) in [6.07, 6.45) is 3.00. The van der Waals surface area contributed by atoms with Crippen LogP contribution in [0, 0.1) is 0 Å². The second-order valence-electron chi connectivity index (χ2n) is 7.23. The predicted octanol–water partition coefficient (Wildman–Crippen LogP) is 0.553. The molecule has 166 valence electrons. The zero-order valence-electron chi connectivity index (χ0n) is 16.7. The first-order valence-corrected chi connectivity index (χ1v) is 12.7. The molecule has 1 N–H and O–H groups in total. The number of nitrogens with zero attached hydrogens (tertiary/aromatic N) is 2. The van der Waals surface area contributed by atoms with E-state index < -0.39 is 20.0 Å². The third-order valence-electron chi connectivity index (χ3n) is 5.29. The number of hydrogen-bond acceptors (Lipinski definition) is 6. The van der Waals surface area contributed by atoms with Crippen molar-refractivity contribution in [2.24, 2.45) is 0 Å². The molecule has 0 aromatic heterocycles. The van der Waals surface area contributed by atoms with Crippen molar-refractivity contribution in [1.82, 2.24) is 13.9 Å². The molecule has 2 aliphatic heterocycles. The summed E-state index contributed by atoms with van der Waals surface area (Å²) in [5.74, 6) is -0.270. The van der Waals surface area contributed by atoms with Gasteiger partial charge in [0, 0.05) is 32.2 Å². The van der Waals surface area contributed by atoms with Gasteiger partial charge in [-0.3, -0.25) is 4.79 Å². The van der Waals surface area contributed by atoms with Crippen LogP contribution in [-0.4, -0.2) is 76.8 Å². The first kappa shape index (κ1) is 22.9. The number of hydrogen-bond donors (Lipinski definition) is 1. The van der Waals surface area contributed by atoms with Gasteiger partial charge in [-0.05, 0) is 49.6 Å². The molecule has 0 bridgehead atoms. The number of nitrogens with one attached hydrogen (secondary N) is 1. The van der Waals surface area contributed by atoms with Gasteiger partial charge in [-0.2, -0.15) is 8.61 Å². The Morgan fingerprint density at radius 2 is 1.47 bits per heavy atom. The molecular weight excluding hydrogens is 430 g/mol. The quantitative estimate of drug-likeness (QED) is 0.625. The van der Waals surface area contributed by atoms with Crippen LogP contribution in [0.5, 0.6) is 0 Å². The van der Waals surface area contributed by atoms with Crippen molar-refractivity contribution in [3.8, 4) is 0 Å². The molecule has 11 heteroatoms. The molecule has 0 aliphatic carbocycles. The van der Waals surface area contributed by atoms with E-state index in [-0.39, 0.29) is 41.4 Å². The molecule has 2 saturated heterocycles. The summed E-state index contributed by atoms with van der Waals surface area (Å²) >= 11 is 0. The molecule has 1 unspecified atom stereocenters. The van der Waals surface area contributed by atoms with Crippen LogP contribution in [0.2, 0.25) is 0 Å². The zero-order valence-corrected chi connectivity index (χ0v) is 18.3. The third-order valence-corrected chi connectivity index (χ3v) is 9.11. The number of benzene rings is 1. The number of sulfonamides is 2. The first-order chi connectivity index (χ1) is 14.2. The highest BCUT2D eigenvalue weighted by Crippen LogP contribution is 2.23. The molecule has 9 nitrogen and oxygen atoms in total. The number of carbonyl (C=O) groups excluding carboxylic acids is 1. The molecule has 2 fully saturated rings. The van der Waals surface area contributed by atoms with Crippen LogP contribution in [-0.2, 0) is 29.6 Å². The van der Waals surface area contributed by atoms with E-state index >= 15 is 0 Å². The van der Waals surface area contributed by atoms with Gasteiger partial charge in [-0.25, -0.2) is 16.8 Å². The van der Waals surface area contributed by atoms with Gasteiger partial charge in [0.25, 0.3) is 0 Å². The fourth-order valence-electron chi connectivity index (χ4n) is 3.58. The van der Waals surface area contributed by atoms with Crippen LogP contribution in [0.4, 0.5) is 0 Å². The number of carbonyl (C=O) groups is 1. The molecule has 3 rings (SSSR count). The molecule has 2 heterocycles. The van der Waals surface area contributed by atoms with Crippen LogP contribution in [0.25, 0.3) is 0 Å². The molecule has 30 heavy (non-hydrogen) atoms. The fourth-order valence-corrected chi connectivity index (χ4v) is 6.48. The van der Waals surface area contributed by atoms with Gasteiger partial charge in [-0.1, -0.05) is 6.58 Å². The lowest BCUT2D eigenvalue weighted by atomic mass is 10.1. The van der Waals surface area contributed by atoms with E-state index in [0.717, 1.165) is 0 Å². The Balaban J connectivity index is 1.72. The van der Waals surface area contributed by atoms with Gasteiger partial charge < -0.3 is 10.1 Å². The van der Waals surface area contributed by atoms with E-state index in [1.165, 1.54) is 39.0 Å². The lowest BCUT2D eigenvalue weighted by molar-refractivity contribution is -0.117. The second kappa shape index (κ2) is 9.56. The maximum absolute atomic E-state index is 13.0. The Bertz CT molecular complexity index is 970. The molecule has 1 amide bonds. The minimum absolute atomic E-state index is 0.0528. The highest BCUT2D eigenvalue weighted by Gasteiger charge is 2.30. The minimum Gasteiger partial charge on any atom is -0.379 e. The highest BCUT2D eigenvalue weighted by atomic mass is 32.2. The maximum atomic E-state index is 13.0. The fraction of sp³-hybridized carbons (Fsp3) is 0.526. The lowest BCUT2D eigenvalue weighted by Crippen LogP contribution is -2.40. The number of ether oxygens (including phenoxy) is 1. The summed E-state index contributed by atoms with van der Waals surface area (Å²) in [7, 11) is -7.44. The second-order valence-corrected chi connectivity index (χ2v) is 11.1. The van der Waals surface area contributed by atoms with E-state index in [2.05, 4.69) is 11.9 Å². The van der Waals surface area contributed by atoms with Crippen LogP contribution < -0.4 is 5.32 Å². The molecule has 1 aromatic rings. The van der Waals surface area contributed by atoms with Crippen LogP contribution in [0.3, 0.4) is 0 Å². The van der Waals surface area contributed by atoms with Crippen molar-refractivity contribution in [3.05, 3.63) is 36.9 Å². The Morgan fingerprint density at radius 3 is 2.00 bits per heavy atom. The topological polar surface area (TPSA) is 113 Å².